The van der Waals surface area contributed by atoms with Crippen LogP contribution in [0.2, 0.25) is 0 Å². The lowest BCUT2D eigenvalue weighted by Gasteiger charge is -2.15. The predicted molar refractivity (Wildman–Crippen MR) is 95.7 cm³/mol. The van der Waals surface area contributed by atoms with Crippen LogP contribution in [0.1, 0.15) is 33.9 Å². The van der Waals surface area contributed by atoms with E-state index in [1.165, 1.54) is 11.1 Å². The van der Waals surface area contributed by atoms with Crippen molar-refractivity contribution < 1.29 is 9.21 Å². The number of fused-ring (bicyclic) bond motifs is 4. The van der Waals surface area contributed by atoms with Crippen molar-refractivity contribution in [3.05, 3.63) is 77.9 Å². The highest BCUT2D eigenvalue weighted by Gasteiger charge is 2.30. The fraction of sp³-hybridized carbons (Fsp3) is 0.143. The van der Waals surface area contributed by atoms with Crippen molar-refractivity contribution in [2.45, 2.75) is 19.4 Å². The Balaban J connectivity index is 1.55. The Kier molecular flexibility index (Phi) is 2.95. The van der Waals surface area contributed by atoms with Crippen LogP contribution in [0.3, 0.4) is 0 Å². The Hall–Kier alpha value is -3.14. The normalized spacial score (nSPS) is 15.3. The molecule has 1 unspecified atom stereocenters. The van der Waals surface area contributed by atoms with Crippen LogP contribution in [0, 0.1) is 6.92 Å². The minimum atomic E-state index is 0.000599. The summed E-state index contributed by atoms with van der Waals surface area (Å²) in [5, 5.41) is 0.962. The molecule has 3 heterocycles. The number of hydrogen-bond donors (Lipinski definition) is 0. The number of aryl methyl sites for hydroxylation is 1. The zero-order chi connectivity index (χ0) is 17.0. The number of nitrogens with zero attached hydrogens (tertiary/aromatic N) is 2. The molecule has 122 valence electrons. The van der Waals surface area contributed by atoms with Crippen LogP contribution >= 0.6 is 0 Å². The molecule has 25 heavy (non-hydrogen) atoms. The van der Waals surface area contributed by atoms with Gasteiger partial charge in [0.2, 0.25) is 0 Å². The maximum atomic E-state index is 13.1. The largest absolute Gasteiger partial charge is 0.464 e. The van der Waals surface area contributed by atoms with Crippen LogP contribution in [0.15, 0.2) is 65.7 Å². The summed E-state index contributed by atoms with van der Waals surface area (Å²) in [4.78, 5) is 17.3. The van der Waals surface area contributed by atoms with E-state index in [9.17, 15) is 4.79 Å². The van der Waals surface area contributed by atoms with E-state index < -0.39 is 0 Å². The first kappa shape index (κ1) is 14.2. The van der Waals surface area contributed by atoms with Gasteiger partial charge in [-0.25, -0.2) is 4.98 Å². The van der Waals surface area contributed by atoms with E-state index in [-0.39, 0.29) is 11.8 Å². The molecule has 5 rings (SSSR count). The first-order chi connectivity index (χ1) is 12.2. The van der Waals surface area contributed by atoms with E-state index in [1.807, 2.05) is 49.8 Å². The number of benzene rings is 2. The van der Waals surface area contributed by atoms with Gasteiger partial charge in [0.1, 0.15) is 5.58 Å². The molecular weight excluding hydrogens is 312 g/mol. The molecule has 0 spiro atoms. The number of ketones is 1. The Morgan fingerprint density at radius 1 is 1.24 bits per heavy atom. The molecule has 0 aliphatic carbocycles. The smallest absolute Gasteiger partial charge is 0.165 e. The Morgan fingerprint density at radius 3 is 3.04 bits per heavy atom. The highest BCUT2D eigenvalue weighted by Crippen LogP contribution is 2.41. The van der Waals surface area contributed by atoms with Crippen LogP contribution < -0.4 is 0 Å². The van der Waals surface area contributed by atoms with E-state index in [1.54, 1.807) is 6.26 Å². The third kappa shape index (κ3) is 2.07. The molecule has 4 heteroatoms. The van der Waals surface area contributed by atoms with Crippen LogP contribution in [0.5, 0.6) is 0 Å². The van der Waals surface area contributed by atoms with Gasteiger partial charge < -0.3 is 8.98 Å². The average Bonchev–Trinajstić information content (AvgIpc) is 3.31. The van der Waals surface area contributed by atoms with Crippen LogP contribution in [0.25, 0.3) is 22.2 Å². The Bertz CT molecular complexity index is 1120. The lowest BCUT2D eigenvalue weighted by atomic mass is 9.94. The molecule has 4 nitrogen and oxygen atoms in total. The monoisotopic (exact) mass is 328 g/mol. The molecule has 0 bridgehead atoms. The molecule has 0 saturated carbocycles. The molecule has 2 aromatic heterocycles. The number of aromatic nitrogens is 2. The molecule has 0 fully saturated rings. The fourth-order valence-electron chi connectivity index (χ4n) is 3.84. The van der Waals surface area contributed by atoms with Crippen molar-refractivity contribution in [1.82, 2.24) is 9.55 Å². The van der Waals surface area contributed by atoms with Gasteiger partial charge in [-0.2, -0.15) is 0 Å². The van der Waals surface area contributed by atoms with Gasteiger partial charge in [0.25, 0.3) is 0 Å². The zero-order valence-corrected chi connectivity index (χ0v) is 13.8. The lowest BCUT2D eigenvalue weighted by Crippen LogP contribution is -2.12. The van der Waals surface area contributed by atoms with E-state index in [0.29, 0.717) is 6.42 Å². The number of carbonyl (C=O) groups excluding carboxylic acids is 1. The van der Waals surface area contributed by atoms with Crippen molar-refractivity contribution in [1.29, 1.82) is 0 Å². The molecule has 0 radical (unpaired) electrons. The fourth-order valence-corrected chi connectivity index (χ4v) is 3.84. The summed E-state index contributed by atoms with van der Waals surface area (Å²) >= 11 is 0. The highest BCUT2D eigenvalue weighted by atomic mass is 16.3. The maximum absolute atomic E-state index is 13.1. The number of furan rings is 1. The molecule has 0 amide bonds. The van der Waals surface area contributed by atoms with Gasteiger partial charge in [0.05, 0.1) is 30.5 Å². The van der Waals surface area contributed by atoms with Gasteiger partial charge in [0.15, 0.2) is 5.78 Å². The summed E-state index contributed by atoms with van der Waals surface area (Å²) in [6, 6.07) is 14.0. The van der Waals surface area contributed by atoms with Crippen LogP contribution in [-0.4, -0.2) is 15.3 Å². The zero-order valence-electron chi connectivity index (χ0n) is 13.8. The van der Waals surface area contributed by atoms with Gasteiger partial charge in [-0.1, -0.05) is 24.3 Å². The number of rotatable bonds is 3. The van der Waals surface area contributed by atoms with Gasteiger partial charge in [-0.15, -0.1) is 0 Å². The second-order valence-corrected chi connectivity index (χ2v) is 6.54. The summed E-state index contributed by atoms with van der Waals surface area (Å²) in [5.41, 5.74) is 5.97. The maximum Gasteiger partial charge on any atom is 0.165 e. The molecular formula is C21H16N2O2. The second-order valence-electron chi connectivity index (χ2n) is 6.54. The van der Waals surface area contributed by atoms with Crippen molar-refractivity contribution in [3.8, 4) is 11.3 Å². The first-order valence-corrected chi connectivity index (χ1v) is 8.34. The van der Waals surface area contributed by atoms with Crippen molar-refractivity contribution >= 4 is 16.8 Å². The number of carbonyl (C=O) groups is 1. The summed E-state index contributed by atoms with van der Waals surface area (Å²) in [7, 11) is 0. The Labute approximate surface area is 144 Å². The number of hydrogen-bond acceptors (Lipinski definition) is 3. The summed E-state index contributed by atoms with van der Waals surface area (Å²) in [6.45, 7) is 1.96. The van der Waals surface area contributed by atoms with E-state index in [2.05, 4.69) is 21.7 Å². The highest BCUT2D eigenvalue weighted by molar-refractivity contribution is 6.01. The summed E-state index contributed by atoms with van der Waals surface area (Å²) in [6.07, 6.45) is 5.76. The van der Waals surface area contributed by atoms with E-state index >= 15 is 0 Å². The van der Waals surface area contributed by atoms with E-state index in [0.717, 1.165) is 27.8 Å². The molecule has 1 aliphatic heterocycles. The topological polar surface area (TPSA) is 48.0 Å². The summed E-state index contributed by atoms with van der Waals surface area (Å²) < 4.78 is 7.53. The van der Waals surface area contributed by atoms with Crippen molar-refractivity contribution in [2.75, 3.05) is 0 Å². The number of imidazole rings is 1. The predicted octanol–water partition coefficient (Wildman–Crippen LogP) is 4.78. The van der Waals surface area contributed by atoms with Crippen molar-refractivity contribution in [3.63, 3.8) is 0 Å². The molecule has 4 aromatic rings. The van der Waals surface area contributed by atoms with Crippen molar-refractivity contribution in [2.24, 2.45) is 0 Å². The molecule has 2 aromatic carbocycles. The Morgan fingerprint density at radius 2 is 2.12 bits per heavy atom. The third-order valence-electron chi connectivity index (χ3n) is 5.08. The number of Topliss-reactive ketones (excluding diaryl/α,β-unsaturated/α-hetero) is 1. The lowest BCUT2D eigenvalue weighted by molar-refractivity contribution is 0.0970. The van der Waals surface area contributed by atoms with Gasteiger partial charge in [-0.05, 0) is 36.2 Å². The van der Waals surface area contributed by atoms with Crippen LogP contribution in [-0.2, 0) is 0 Å². The molecule has 0 N–H and O–H groups in total. The minimum absolute atomic E-state index is 0.000599. The first-order valence-electron chi connectivity index (χ1n) is 8.34. The quantitative estimate of drug-likeness (QED) is 0.508. The molecule has 0 saturated heterocycles. The summed E-state index contributed by atoms with van der Waals surface area (Å²) in [5.74, 6) is 0.141. The van der Waals surface area contributed by atoms with Gasteiger partial charge >= 0.3 is 0 Å². The molecule has 1 atom stereocenters. The second kappa shape index (κ2) is 5.18. The molecule has 1 aliphatic rings. The standard InChI is InChI=1S/C21H16N2O2/c1-13-8-21-14(6-7-25-21)9-17(13)20(24)10-18-15-4-2-3-5-16(15)19-11-22-12-23(18)19/h2-9,11-12,18H,10H2,1H3. The average molecular weight is 328 g/mol. The SMILES string of the molecule is Cc1cc2occc2cc1C(=O)CC1c2ccccc2-c2cncn21. The van der Waals surface area contributed by atoms with Gasteiger partial charge in [0, 0.05) is 22.9 Å². The van der Waals surface area contributed by atoms with Gasteiger partial charge in [-0.3, -0.25) is 4.79 Å². The van der Waals surface area contributed by atoms with E-state index in [4.69, 9.17) is 4.42 Å². The van der Waals surface area contributed by atoms with Crippen LogP contribution in [0.4, 0.5) is 0 Å². The third-order valence-corrected chi connectivity index (χ3v) is 5.08. The minimum Gasteiger partial charge on any atom is -0.464 e.